The van der Waals surface area contributed by atoms with Crippen molar-refractivity contribution < 1.29 is 23.0 Å². The van der Waals surface area contributed by atoms with Crippen LogP contribution >= 0.6 is 11.8 Å². The van der Waals surface area contributed by atoms with E-state index in [-0.39, 0.29) is 24.7 Å². The van der Waals surface area contributed by atoms with Crippen LogP contribution in [0.1, 0.15) is 46.4 Å². The highest BCUT2D eigenvalue weighted by Gasteiger charge is 2.31. The number of aryl methyl sites for hydroxylation is 1. The molecule has 1 rings (SSSR count). The van der Waals surface area contributed by atoms with Crippen molar-refractivity contribution in [3.05, 3.63) is 30.3 Å². The Morgan fingerprint density at radius 2 is 2.00 bits per heavy atom. The highest BCUT2D eigenvalue weighted by molar-refractivity contribution is 7.99. The van der Waals surface area contributed by atoms with Gasteiger partial charge in [-0.1, -0.05) is 31.7 Å². The minimum absolute atomic E-state index is 0.0730. The van der Waals surface area contributed by atoms with Gasteiger partial charge in [-0.2, -0.15) is 0 Å². The Labute approximate surface area is 163 Å². The monoisotopic (exact) mass is 409 g/mol. The fourth-order valence-corrected chi connectivity index (χ4v) is 3.11. The molecule has 156 valence electrons. The third-order valence-electron chi connectivity index (χ3n) is 3.21. The topological polar surface area (TPSA) is 60.2 Å². The van der Waals surface area contributed by atoms with Crippen molar-refractivity contribution in [3.63, 3.8) is 0 Å². The first kappa shape index (κ1) is 25.5. The van der Waals surface area contributed by atoms with Gasteiger partial charge in [-0.25, -0.2) is 0 Å². The first-order chi connectivity index (χ1) is 12.7. The van der Waals surface area contributed by atoms with Crippen molar-refractivity contribution in [2.75, 3.05) is 12.4 Å². The van der Waals surface area contributed by atoms with Crippen LogP contribution in [0.25, 0.3) is 0 Å². The smallest absolute Gasteiger partial charge is 0.411 e. The molecule has 1 atom stereocenters. The molecule has 0 saturated heterocycles. The molecule has 0 aliphatic heterocycles. The first-order valence-corrected chi connectivity index (χ1v) is 9.90. The largest absolute Gasteiger partial charge is 0.572 e. The van der Waals surface area contributed by atoms with Gasteiger partial charge in [0.15, 0.2) is 5.16 Å². The number of hydrogen-bond donors (Lipinski definition) is 1. The highest BCUT2D eigenvalue weighted by atomic mass is 32.2. The fourth-order valence-electron chi connectivity index (χ4n) is 2.11. The second-order valence-corrected chi connectivity index (χ2v) is 6.69. The van der Waals surface area contributed by atoms with Gasteiger partial charge < -0.3 is 14.4 Å². The van der Waals surface area contributed by atoms with E-state index in [2.05, 4.69) is 21.5 Å². The minimum atomic E-state index is -4.65. The van der Waals surface area contributed by atoms with E-state index in [4.69, 9.17) is 5.11 Å². The van der Waals surface area contributed by atoms with Crippen molar-refractivity contribution in [3.8, 4) is 0 Å². The molecule has 0 radical (unpaired) electrons. The van der Waals surface area contributed by atoms with Gasteiger partial charge in [0.05, 0.1) is 0 Å². The summed E-state index contributed by atoms with van der Waals surface area (Å²) in [5.41, 5.74) is 0. The van der Waals surface area contributed by atoms with E-state index in [1.807, 2.05) is 25.3 Å². The SMILES string of the molecule is C=CC.CC/C(=C\C(C)CSc1nnc(CCCO)n1CC)OC(F)(F)F. The number of hydrogen-bond acceptors (Lipinski definition) is 5. The van der Waals surface area contributed by atoms with E-state index in [1.54, 1.807) is 13.0 Å². The summed E-state index contributed by atoms with van der Waals surface area (Å²) < 4.78 is 42.8. The first-order valence-electron chi connectivity index (χ1n) is 8.91. The van der Waals surface area contributed by atoms with Crippen LogP contribution in [0.5, 0.6) is 0 Å². The zero-order chi connectivity index (χ0) is 20.9. The molecular formula is C18H30F3N3O2S. The van der Waals surface area contributed by atoms with Gasteiger partial charge in [0, 0.05) is 31.7 Å². The minimum Gasteiger partial charge on any atom is -0.411 e. The summed E-state index contributed by atoms with van der Waals surface area (Å²) >= 11 is 1.45. The lowest BCUT2D eigenvalue weighted by molar-refractivity contribution is -0.306. The van der Waals surface area contributed by atoms with Crippen molar-refractivity contribution in [2.45, 2.75) is 65.0 Å². The van der Waals surface area contributed by atoms with Crippen molar-refractivity contribution in [1.82, 2.24) is 14.8 Å². The van der Waals surface area contributed by atoms with Gasteiger partial charge in [-0.15, -0.1) is 29.9 Å². The average Bonchev–Trinajstić information content (AvgIpc) is 2.98. The van der Waals surface area contributed by atoms with E-state index in [1.165, 1.54) is 17.8 Å². The molecule has 27 heavy (non-hydrogen) atoms. The molecule has 1 unspecified atom stereocenters. The number of nitrogens with zero attached hydrogens (tertiary/aromatic N) is 3. The molecular weight excluding hydrogens is 379 g/mol. The zero-order valence-corrected chi connectivity index (χ0v) is 17.2. The molecule has 0 aliphatic rings. The van der Waals surface area contributed by atoms with Crippen LogP contribution in [0.4, 0.5) is 13.2 Å². The molecule has 1 aromatic rings. The Morgan fingerprint density at radius 3 is 2.48 bits per heavy atom. The van der Waals surface area contributed by atoms with Gasteiger partial charge in [0.1, 0.15) is 11.6 Å². The fraction of sp³-hybridized carbons (Fsp3) is 0.667. The van der Waals surface area contributed by atoms with Crippen molar-refractivity contribution >= 4 is 11.8 Å². The summed E-state index contributed by atoms with van der Waals surface area (Å²) in [7, 11) is 0. The molecule has 0 spiro atoms. The normalized spacial score (nSPS) is 13.0. The van der Waals surface area contributed by atoms with E-state index in [0.29, 0.717) is 25.1 Å². The van der Waals surface area contributed by atoms with Crippen LogP contribution in [0.2, 0.25) is 0 Å². The second kappa shape index (κ2) is 13.7. The Kier molecular flexibility index (Phi) is 12.9. The van der Waals surface area contributed by atoms with Crippen molar-refractivity contribution in [2.24, 2.45) is 5.92 Å². The lowest BCUT2D eigenvalue weighted by Crippen LogP contribution is -2.13. The highest BCUT2D eigenvalue weighted by Crippen LogP contribution is 2.25. The molecule has 0 aliphatic carbocycles. The van der Waals surface area contributed by atoms with Gasteiger partial charge in [0.25, 0.3) is 0 Å². The Morgan fingerprint density at radius 1 is 1.37 bits per heavy atom. The van der Waals surface area contributed by atoms with E-state index in [9.17, 15) is 13.2 Å². The Hall–Kier alpha value is -1.48. The number of allylic oxidation sites excluding steroid dienone is 3. The maximum Gasteiger partial charge on any atom is 0.572 e. The van der Waals surface area contributed by atoms with Crippen LogP contribution in [-0.2, 0) is 17.7 Å². The van der Waals surface area contributed by atoms with Crippen LogP contribution < -0.4 is 0 Å². The third-order valence-corrected chi connectivity index (χ3v) is 4.46. The predicted molar refractivity (Wildman–Crippen MR) is 102 cm³/mol. The van der Waals surface area contributed by atoms with Gasteiger partial charge in [0.2, 0.25) is 0 Å². The number of thioether (sulfide) groups is 1. The van der Waals surface area contributed by atoms with Crippen molar-refractivity contribution in [1.29, 1.82) is 0 Å². The maximum absolute atomic E-state index is 12.3. The summed E-state index contributed by atoms with van der Waals surface area (Å²) in [4.78, 5) is 0. The molecule has 0 amide bonds. The number of alkyl halides is 3. The number of aliphatic hydroxyl groups is 1. The molecule has 9 heteroatoms. The lowest BCUT2D eigenvalue weighted by atomic mass is 10.2. The third kappa shape index (κ3) is 11.1. The predicted octanol–water partition coefficient (Wildman–Crippen LogP) is 4.97. The Bertz CT molecular complexity index is 575. The molecule has 0 fully saturated rings. The zero-order valence-electron chi connectivity index (χ0n) is 16.4. The van der Waals surface area contributed by atoms with E-state index < -0.39 is 6.36 Å². The van der Waals surface area contributed by atoms with Crippen LogP contribution in [0, 0.1) is 5.92 Å². The maximum atomic E-state index is 12.3. The number of rotatable bonds is 10. The van der Waals surface area contributed by atoms with Crippen LogP contribution in [-0.4, -0.2) is 38.6 Å². The molecule has 0 saturated carbocycles. The summed E-state index contributed by atoms with van der Waals surface area (Å²) in [5, 5.41) is 17.9. The number of halogens is 3. The van der Waals surface area contributed by atoms with Crippen LogP contribution in [0.3, 0.4) is 0 Å². The quantitative estimate of drug-likeness (QED) is 0.336. The Balaban J connectivity index is 0.00000210. The second-order valence-electron chi connectivity index (χ2n) is 5.70. The molecule has 1 heterocycles. The van der Waals surface area contributed by atoms with E-state index in [0.717, 1.165) is 11.0 Å². The van der Waals surface area contributed by atoms with E-state index >= 15 is 0 Å². The standard InChI is InChI=1S/C15H24F3N3O2S.C3H6/c1-4-12(23-15(16,17)18)9-11(3)10-24-14-20-19-13(7-6-8-22)21(14)5-2;1-3-2/h9,11,22H,4-8,10H2,1-3H3;3H,1H2,2H3/b12-9+;. The summed E-state index contributed by atoms with van der Waals surface area (Å²) in [6, 6.07) is 0. The van der Waals surface area contributed by atoms with Gasteiger partial charge in [-0.05, 0) is 32.3 Å². The van der Waals surface area contributed by atoms with Gasteiger partial charge >= 0.3 is 6.36 Å². The van der Waals surface area contributed by atoms with Gasteiger partial charge in [-0.3, -0.25) is 0 Å². The number of aromatic nitrogens is 3. The lowest BCUT2D eigenvalue weighted by Gasteiger charge is -2.13. The van der Waals surface area contributed by atoms with Crippen LogP contribution in [0.15, 0.2) is 29.6 Å². The molecule has 5 nitrogen and oxygen atoms in total. The molecule has 0 bridgehead atoms. The number of ether oxygens (including phenoxy) is 1. The molecule has 1 aromatic heterocycles. The molecule has 1 N–H and O–H groups in total. The number of aliphatic hydroxyl groups excluding tert-OH is 1. The summed E-state index contributed by atoms with van der Waals surface area (Å²) in [6.45, 7) is 11.5. The average molecular weight is 410 g/mol. The summed E-state index contributed by atoms with van der Waals surface area (Å²) in [6.07, 6.45) is 0.0484. The molecule has 0 aromatic carbocycles. The summed E-state index contributed by atoms with van der Waals surface area (Å²) in [5.74, 6) is 1.21.